The number of rotatable bonds is 6. The van der Waals surface area contributed by atoms with Crippen molar-refractivity contribution in [1.29, 1.82) is 0 Å². The quantitative estimate of drug-likeness (QED) is 0.806. The van der Waals surface area contributed by atoms with E-state index in [0.29, 0.717) is 12.0 Å². The zero-order valence-electron chi connectivity index (χ0n) is 10.8. The Kier molecular flexibility index (Phi) is 5.37. The molecule has 1 heterocycles. The van der Waals surface area contributed by atoms with Gasteiger partial charge in [0.25, 0.3) is 0 Å². The van der Waals surface area contributed by atoms with Gasteiger partial charge in [-0.1, -0.05) is 36.7 Å². The number of thiophene rings is 1. The highest BCUT2D eigenvalue weighted by Crippen LogP contribution is 2.26. The first kappa shape index (κ1) is 14.5. The van der Waals surface area contributed by atoms with Crippen molar-refractivity contribution in [1.82, 2.24) is 5.32 Å². The molecule has 1 aromatic heterocycles. The van der Waals surface area contributed by atoms with Crippen LogP contribution in [0.5, 0.6) is 0 Å². The molecule has 0 aliphatic carbocycles. The smallest absolute Gasteiger partial charge is 0.145 e. The van der Waals surface area contributed by atoms with Crippen LogP contribution in [0.4, 0.5) is 4.39 Å². The van der Waals surface area contributed by atoms with Gasteiger partial charge in [0, 0.05) is 10.9 Å². The standard InChI is InChI=1S/C15H17ClFNS/c1-2-8-18-13(14-7-4-9-19-14)10-11-5-3-6-12(16)15(11)17/h3-7,9,13,18H,2,8,10H2,1H3. The second kappa shape index (κ2) is 7.04. The molecule has 0 aliphatic heterocycles. The lowest BCUT2D eigenvalue weighted by Gasteiger charge is -2.18. The summed E-state index contributed by atoms with van der Waals surface area (Å²) in [5.41, 5.74) is 0.662. The van der Waals surface area contributed by atoms with Crippen LogP contribution in [-0.4, -0.2) is 6.54 Å². The SMILES string of the molecule is CCCNC(Cc1cccc(Cl)c1F)c1cccs1. The molecule has 0 spiro atoms. The topological polar surface area (TPSA) is 12.0 Å². The van der Waals surface area contributed by atoms with Crippen LogP contribution in [0.3, 0.4) is 0 Å². The second-order valence-corrected chi connectivity index (χ2v) is 5.83. The predicted octanol–water partition coefficient (Wildman–Crippen LogP) is 4.82. The number of halogens is 2. The maximum absolute atomic E-state index is 14.0. The van der Waals surface area contributed by atoms with E-state index in [1.54, 1.807) is 29.5 Å². The molecule has 0 bridgehead atoms. The van der Waals surface area contributed by atoms with E-state index >= 15 is 0 Å². The summed E-state index contributed by atoms with van der Waals surface area (Å²) in [6.45, 7) is 3.04. The van der Waals surface area contributed by atoms with Gasteiger partial charge in [-0.15, -0.1) is 11.3 Å². The molecule has 0 saturated heterocycles. The molecule has 2 aromatic rings. The first-order valence-corrected chi connectivity index (χ1v) is 7.67. The van der Waals surface area contributed by atoms with E-state index < -0.39 is 0 Å². The van der Waals surface area contributed by atoms with Gasteiger partial charge in [-0.3, -0.25) is 0 Å². The van der Waals surface area contributed by atoms with Gasteiger partial charge in [0.05, 0.1) is 5.02 Å². The Morgan fingerprint density at radius 3 is 2.84 bits per heavy atom. The summed E-state index contributed by atoms with van der Waals surface area (Å²) in [5, 5.41) is 5.71. The molecule has 19 heavy (non-hydrogen) atoms. The van der Waals surface area contributed by atoms with Gasteiger partial charge >= 0.3 is 0 Å². The van der Waals surface area contributed by atoms with Crippen molar-refractivity contribution in [3.63, 3.8) is 0 Å². The van der Waals surface area contributed by atoms with Crippen molar-refractivity contribution in [2.24, 2.45) is 0 Å². The second-order valence-electron chi connectivity index (χ2n) is 4.44. The molecule has 1 nitrogen and oxygen atoms in total. The zero-order chi connectivity index (χ0) is 13.7. The largest absolute Gasteiger partial charge is 0.309 e. The average Bonchev–Trinajstić information content (AvgIpc) is 2.93. The normalized spacial score (nSPS) is 12.6. The van der Waals surface area contributed by atoms with Gasteiger partial charge in [0.1, 0.15) is 5.82 Å². The fourth-order valence-corrected chi connectivity index (χ4v) is 3.00. The maximum atomic E-state index is 14.0. The van der Waals surface area contributed by atoms with Crippen molar-refractivity contribution in [3.8, 4) is 0 Å². The lowest BCUT2D eigenvalue weighted by Crippen LogP contribution is -2.23. The molecule has 102 valence electrons. The van der Waals surface area contributed by atoms with Crippen molar-refractivity contribution in [3.05, 3.63) is 57.0 Å². The van der Waals surface area contributed by atoms with Crippen molar-refractivity contribution in [2.75, 3.05) is 6.54 Å². The van der Waals surface area contributed by atoms with E-state index in [9.17, 15) is 4.39 Å². The van der Waals surface area contributed by atoms with Crippen LogP contribution in [0.15, 0.2) is 35.7 Å². The molecule has 1 aromatic carbocycles. The van der Waals surface area contributed by atoms with Crippen molar-refractivity contribution >= 4 is 22.9 Å². The van der Waals surface area contributed by atoms with Crippen molar-refractivity contribution < 1.29 is 4.39 Å². The molecule has 1 unspecified atom stereocenters. The van der Waals surface area contributed by atoms with E-state index in [1.807, 2.05) is 11.4 Å². The molecule has 2 rings (SSSR count). The minimum atomic E-state index is -0.302. The summed E-state index contributed by atoms with van der Waals surface area (Å²) in [7, 11) is 0. The van der Waals surface area contributed by atoms with Gasteiger partial charge in [-0.05, 0) is 42.5 Å². The first-order valence-electron chi connectivity index (χ1n) is 6.42. The lowest BCUT2D eigenvalue weighted by molar-refractivity contribution is 0.519. The number of nitrogens with one attached hydrogen (secondary N) is 1. The molecule has 1 atom stereocenters. The molecule has 0 amide bonds. The van der Waals surface area contributed by atoms with Gasteiger partial charge in [0.15, 0.2) is 0 Å². The molecule has 0 saturated carbocycles. The third kappa shape index (κ3) is 3.78. The maximum Gasteiger partial charge on any atom is 0.145 e. The Bertz CT molecular complexity index is 513. The van der Waals surface area contributed by atoms with Crippen LogP contribution < -0.4 is 5.32 Å². The molecule has 4 heteroatoms. The van der Waals surface area contributed by atoms with Gasteiger partial charge < -0.3 is 5.32 Å². The minimum absolute atomic E-state index is 0.146. The molecule has 0 aliphatic rings. The van der Waals surface area contributed by atoms with Gasteiger partial charge in [-0.2, -0.15) is 0 Å². The summed E-state index contributed by atoms with van der Waals surface area (Å²) in [4.78, 5) is 1.23. The minimum Gasteiger partial charge on any atom is -0.309 e. The highest BCUT2D eigenvalue weighted by atomic mass is 35.5. The average molecular weight is 298 g/mol. The van der Waals surface area contributed by atoms with Crippen LogP contribution in [0, 0.1) is 5.82 Å². The van der Waals surface area contributed by atoms with Gasteiger partial charge in [0.2, 0.25) is 0 Å². The number of hydrogen-bond donors (Lipinski definition) is 1. The highest BCUT2D eigenvalue weighted by Gasteiger charge is 2.15. The lowest BCUT2D eigenvalue weighted by atomic mass is 10.0. The van der Waals surface area contributed by atoms with E-state index in [-0.39, 0.29) is 16.9 Å². The monoisotopic (exact) mass is 297 g/mol. The van der Waals surface area contributed by atoms with Crippen LogP contribution in [0.2, 0.25) is 5.02 Å². The Hall–Kier alpha value is -0.900. The van der Waals surface area contributed by atoms with Crippen molar-refractivity contribution in [2.45, 2.75) is 25.8 Å². The Labute approximate surface area is 122 Å². The third-order valence-corrected chi connectivity index (χ3v) is 4.26. The van der Waals surface area contributed by atoms with E-state index in [2.05, 4.69) is 18.3 Å². The third-order valence-electron chi connectivity index (χ3n) is 2.98. The van der Waals surface area contributed by atoms with Crippen LogP contribution >= 0.6 is 22.9 Å². The van der Waals surface area contributed by atoms with E-state index in [0.717, 1.165) is 13.0 Å². The molecule has 0 fully saturated rings. The fourth-order valence-electron chi connectivity index (χ4n) is 2.01. The number of hydrogen-bond acceptors (Lipinski definition) is 2. The molecule has 0 radical (unpaired) electrons. The summed E-state index contributed by atoms with van der Waals surface area (Å²) >= 11 is 7.53. The molecule has 1 N–H and O–H groups in total. The van der Waals surface area contributed by atoms with Crippen LogP contribution in [-0.2, 0) is 6.42 Å². The van der Waals surface area contributed by atoms with E-state index in [1.165, 1.54) is 4.88 Å². The van der Waals surface area contributed by atoms with Gasteiger partial charge in [-0.25, -0.2) is 4.39 Å². The molecular formula is C15H17ClFNS. The Morgan fingerprint density at radius 2 is 2.16 bits per heavy atom. The summed E-state index contributed by atoms with van der Waals surface area (Å²) < 4.78 is 14.0. The summed E-state index contributed by atoms with van der Waals surface area (Å²) in [6.07, 6.45) is 1.67. The zero-order valence-corrected chi connectivity index (χ0v) is 12.4. The summed E-state index contributed by atoms with van der Waals surface area (Å²) in [5.74, 6) is -0.302. The number of benzene rings is 1. The first-order chi connectivity index (χ1) is 9.22. The predicted molar refractivity (Wildman–Crippen MR) is 80.5 cm³/mol. The fraction of sp³-hybridized carbons (Fsp3) is 0.333. The van der Waals surface area contributed by atoms with E-state index in [4.69, 9.17) is 11.6 Å². The summed E-state index contributed by atoms with van der Waals surface area (Å²) in [6, 6.07) is 9.43. The Morgan fingerprint density at radius 1 is 1.32 bits per heavy atom. The highest BCUT2D eigenvalue weighted by molar-refractivity contribution is 7.10. The van der Waals surface area contributed by atoms with Crippen LogP contribution in [0.1, 0.15) is 29.8 Å². The Balaban J connectivity index is 2.18. The molecular weight excluding hydrogens is 281 g/mol. The van der Waals surface area contributed by atoms with Crippen LogP contribution in [0.25, 0.3) is 0 Å².